The minimum absolute atomic E-state index is 0.142. The van der Waals surface area contributed by atoms with Crippen molar-refractivity contribution in [1.82, 2.24) is 9.78 Å². The highest BCUT2D eigenvalue weighted by atomic mass is 35.5. The van der Waals surface area contributed by atoms with E-state index in [-0.39, 0.29) is 28.0 Å². The van der Waals surface area contributed by atoms with E-state index in [4.69, 9.17) is 37.9 Å². The molecule has 26 heavy (non-hydrogen) atoms. The van der Waals surface area contributed by atoms with E-state index in [9.17, 15) is 4.79 Å². The van der Waals surface area contributed by atoms with Crippen molar-refractivity contribution in [2.45, 2.75) is 26.4 Å². The molecule has 0 amide bonds. The standard InChI is InChI=1S/C17H17Cl2N3O4/c1-9-11(5-6-20)16(22(3)21-9)26-15-8-14(12(18)7-13(15)19)25-10(2)17(23)24-4/h7-8,10H,5H2,1-4H3/t10-/m0/s1. The second-order valence-corrected chi connectivity index (χ2v) is 6.24. The first-order valence-corrected chi connectivity index (χ1v) is 8.34. The Bertz CT molecular complexity index is 874. The summed E-state index contributed by atoms with van der Waals surface area (Å²) < 4.78 is 17.5. The molecule has 1 aromatic heterocycles. The zero-order chi connectivity index (χ0) is 19.4. The predicted octanol–water partition coefficient (Wildman–Crippen LogP) is 3.83. The SMILES string of the molecule is COC(=O)[C@H](C)Oc1cc(Oc2c(CC#N)c(C)nn2C)c(Cl)cc1Cl. The van der Waals surface area contributed by atoms with Crippen LogP contribution >= 0.6 is 23.2 Å². The average molecular weight is 398 g/mol. The third-order valence-electron chi connectivity index (χ3n) is 3.57. The van der Waals surface area contributed by atoms with Crippen LogP contribution in [0.2, 0.25) is 10.0 Å². The number of aryl methyl sites for hydroxylation is 2. The van der Waals surface area contributed by atoms with Gasteiger partial charge < -0.3 is 14.2 Å². The molecule has 0 aliphatic heterocycles. The Hall–Kier alpha value is -2.43. The number of hydrogen-bond acceptors (Lipinski definition) is 6. The lowest BCUT2D eigenvalue weighted by Gasteiger charge is -2.16. The number of rotatable bonds is 6. The summed E-state index contributed by atoms with van der Waals surface area (Å²) in [6, 6.07) is 5.01. The maximum atomic E-state index is 11.5. The number of esters is 1. The van der Waals surface area contributed by atoms with Gasteiger partial charge in [-0.2, -0.15) is 10.4 Å². The van der Waals surface area contributed by atoms with Crippen molar-refractivity contribution >= 4 is 29.2 Å². The van der Waals surface area contributed by atoms with Crippen molar-refractivity contribution in [3.05, 3.63) is 33.4 Å². The number of carbonyl (C=O) groups is 1. The van der Waals surface area contributed by atoms with Gasteiger partial charge in [0.15, 0.2) is 11.9 Å². The quantitative estimate of drug-likeness (QED) is 0.688. The van der Waals surface area contributed by atoms with Gasteiger partial charge in [-0.1, -0.05) is 23.2 Å². The van der Waals surface area contributed by atoms with Gasteiger partial charge in [-0.05, 0) is 19.9 Å². The van der Waals surface area contributed by atoms with Crippen molar-refractivity contribution in [3.63, 3.8) is 0 Å². The second-order valence-electron chi connectivity index (χ2n) is 5.43. The number of hydrogen-bond donors (Lipinski definition) is 0. The molecular weight excluding hydrogens is 381 g/mol. The molecule has 0 bridgehead atoms. The molecule has 9 heteroatoms. The molecule has 0 aliphatic rings. The number of ether oxygens (including phenoxy) is 3. The zero-order valence-corrected chi connectivity index (χ0v) is 16.2. The maximum Gasteiger partial charge on any atom is 0.346 e. The van der Waals surface area contributed by atoms with E-state index in [1.54, 1.807) is 14.0 Å². The van der Waals surface area contributed by atoms with Crippen LogP contribution in [-0.2, 0) is 23.0 Å². The fourth-order valence-corrected chi connectivity index (χ4v) is 2.75. The summed E-state index contributed by atoms with van der Waals surface area (Å²) in [7, 11) is 2.96. The number of halogens is 2. The first kappa shape index (κ1) is 19.9. The highest BCUT2D eigenvalue weighted by Crippen LogP contribution is 2.39. The Morgan fingerprint density at radius 3 is 2.62 bits per heavy atom. The molecule has 0 aliphatic carbocycles. The number of nitrogens with zero attached hydrogens (tertiary/aromatic N) is 3. The van der Waals surface area contributed by atoms with Crippen LogP contribution in [0, 0.1) is 18.3 Å². The lowest BCUT2D eigenvalue weighted by atomic mass is 10.2. The number of benzene rings is 1. The van der Waals surface area contributed by atoms with Crippen LogP contribution < -0.4 is 9.47 Å². The first-order valence-electron chi connectivity index (χ1n) is 7.59. The lowest BCUT2D eigenvalue weighted by molar-refractivity contribution is -0.147. The Morgan fingerprint density at radius 1 is 1.35 bits per heavy atom. The summed E-state index contributed by atoms with van der Waals surface area (Å²) in [6.45, 7) is 3.32. The Balaban J connectivity index is 2.38. The normalized spacial score (nSPS) is 11.6. The van der Waals surface area contributed by atoms with E-state index in [0.29, 0.717) is 17.1 Å². The van der Waals surface area contributed by atoms with Crippen molar-refractivity contribution in [1.29, 1.82) is 5.26 Å². The Labute approximate surface area is 161 Å². The van der Waals surface area contributed by atoms with Crippen molar-refractivity contribution < 1.29 is 19.0 Å². The van der Waals surface area contributed by atoms with Gasteiger partial charge in [0, 0.05) is 13.1 Å². The zero-order valence-electron chi connectivity index (χ0n) is 14.7. The van der Waals surface area contributed by atoms with Crippen LogP contribution in [0.4, 0.5) is 0 Å². The number of methoxy groups -OCH3 is 1. The molecule has 0 saturated carbocycles. The maximum absolute atomic E-state index is 11.5. The smallest absolute Gasteiger partial charge is 0.346 e. The summed E-state index contributed by atoms with van der Waals surface area (Å²) in [5.41, 5.74) is 1.34. The summed E-state index contributed by atoms with van der Waals surface area (Å²) in [5.74, 6) is 0.312. The van der Waals surface area contributed by atoms with Crippen LogP contribution in [0.5, 0.6) is 17.4 Å². The molecule has 2 aromatic rings. The van der Waals surface area contributed by atoms with Crippen molar-refractivity contribution in [2.75, 3.05) is 7.11 Å². The van der Waals surface area contributed by atoms with Gasteiger partial charge in [-0.15, -0.1) is 0 Å². The van der Waals surface area contributed by atoms with Crippen LogP contribution in [0.3, 0.4) is 0 Å². The predicted molar refractivity (Wildman–Crippen MR) is 95.9 cm³/mol. The molecule has 0 N–H and O–H groups in total. The summed E-state index contributed by atoms with van der Waals surface area (Å²) >= 11 is 12.4. The van der Waals surface area contributed by atoms with Crippen LogP contribution in [0.1, 0.15) is 18.2 Å². The minimum atomic E-state index is -0.861. The van der Waals surface area contributed by atoms with Gasteiger partial charge in [0.1, 0.15) is 5.75 Å². The molecule has 1 heterocycles. The van der Waals surface area contributed by atoms with Crippen LogP contribution in [-0.4, -0.2) is 29.0 Å². The van der Waals surface area contributed by atoms with E-state index < -0.39 is 12.1 Å². The lowest BCUT2D eigenvalue weighted by Crippen LogP contribution is -2.25. The van der Waals surface area contributed by atoms with Crippen LogP contribution in [0.25, 0.3) is 0 Å². The first-order chi connectivity index (χ1) is 12.3. The van der Waals surface area contributed by atoms with Crippen molar-refractivity contribution in [3.8, 4) is 23.4 Å². The van der Waals surface area contributed by atoms with E-state index >= 15 is 0 Å². The third-order valence-corrected chi connectivity index (χ3v) is 4.17. The topological polar surface area (TPSA) is 86.4 Å². The Kier molecular flexibility index (Phi) is 6.35. The van der Waals surface area contributed by atoms with Crippen molar-refractivity contribution in [2.24, 2.45) is 7.05 Å². The van der Waals surface area contributed by atoms with Gasteiger partial charge in [0.2, 0.25) is 5.88 Å². The molecule has 0 saturated heterocycles. The van der Waals surface area contributed by atoms with Gasteiger partial charge >= 0.3 is 5.97 Å². The molecule has 2 rings (SSSR count). The molecule has 0 fully saturated rings. The van der Waals surface area contributed by atoms with E-state index in [2.05, 4.69) is 15.9 Å². The number of nitriles is 1. The number of carbonyl (C=O) groups excluding carboxylic acids is 1. The molecule has 0 radical (unpaired) electrons. The van der Waals surface area contributed by atoms with Gasteiger partial charge in [-0.3, -0.25) is 0 Å². The van der Waals surface area contributed by atoms with Gasteiger partial charge in [0.25, 0.3) is 0 Å². The fraction of sp³-hybridized carbons (Fsp3) is 0.353. The number of aromatic nitrogens is 2. The second kappa shape index (κ2) is 8.30. The molecule has 138 valence electrons. The fourth-order valence-electron chi connectivity index (χ4n) is 2.28. The molecular formula is C17H17Cl2N3O4. The highest BCUT2D eigenvalue weighted by Gasteiger charge is 2.21. The van der Waals surface area contributed by atoms with Gasteiger partial charge in [-0.25, -0.2) is 9.48 Å². The summed E-state index contributed by atoms with van der Waals surface area (Å²) in [5, 5.41) is 13.7. The van der Waals surface area contributed by atoms with E-state index in [0.717, 1.165) is 0 Å². The average Bonchev–Trinajstić information content (AvgIpc) is 2.85. The molecule has 1 aromatic carbocycles. The van der Waals surface area contributed by atoms with Gasteiger partial charge in [0.05, 0.1) is 40.9 Å². The summed E-state index contributed by atoms with van der Waals surface area (Å²) in [4.78, 5) is 11.5. The van der Waals surface area contributed by atoms with Crippen LogP contribution in [0.15, 0.2) is 12.1 Å². The molecule has 0 unspecified atom stereocenters. The Morgan fingerprint density at radius 2 is 2.00 bits per heavy atom. The molecule has 7 nitrogen and oxygen atoms in total. The van der Waals surface area contributed by atoms with E-state index in [1.165, 1.54) is 30.8 Å². The third kappa shape index (κ3) is 4.21. The highest BCUT2D eigenvalue weighted by molar-refractivity contribution is 6.36. The minimum Gasteiger partial charge on any atom is -0.477 e. The monoisotopic (exact) mass is 397 g/mol. The summed E-state index contributed by atoms with van der Waals surface area (Å²) in [6.07, 6.45) is -0.720. The van der Waals surface area contributed by atoms with E-state index in [1.807, 2.05) is 0 Å². The largest absolute Gasteiger partial charge is 0.477 e. The molecule has 0 spiro atoms. The molecule has 1 atom stereocenters.